The van der Waals surface area contributed by atoms with E-state index in [4.69, 9.17) is 28.7 Å². The maximum absolute atomic E-state index is 16.9. The van der Waals surface area contributed by atoms with Gasteiger partial charge in [-0.05, 0) is 93.9 Å². The molecule has 0 aliphatic carbocycles. The van der Waals surface area contributed by atoms with Gasteiger partial charge in [-0.25, -0.2) is 27.7 Å². The lowest BCUT2D eigenvalue weighted by atomic mass is 10.0. The molecule has 0 unspecified atom stereocenters. The fourth-order valence-electron chi connectivity index (χ4n) is 11.5. The molecular formula is C54H72F3N9O10Si. The number of halogens is 3. The Morgan fingerprint density at radius 2 is 1.35 bits per heavy atom. The molecule has 1 aromatic heterocycles. The molecule has 23 heteroatoms. The van der Waals surface area contributed by atoms with E-state index in [1.54, 1.807) is 49.0 Å². The summed E-state index contributed by atoms with van der Waals surface area (Å²) in [7, 11) is 5.34. The second-order valence-corrected chi connectivity index (χ2v) is 26.7. The number of ether oxygens (including phenoxy) is 5. The number of imidazole rings is 1. The smallest absolute Gasteiger partial charge is 0.407 e. The highest BCUT2D eigenvalue weighted by molar-refractivity contribution is 6.77. The lowest BCUT2D eigenvalue weighted by Gasteiger charge is -2.38. The Labute approximate surface area is 447 Å². The summed E-state index contributed by atoms with van der Waals surface area (Å²) < 4.78 is 76.0. The Kier molecular flexibility index (Phi) is 17.7. The molecule has 77 heavy (non-hydrogen) atoms. The van der Waals surface area contributed by atoms with Crippen LogP contribution in [0, 0.1) is 23.4 Å². The van der Waals surface area contributed by atoms with Crippen molar-refractivity contribution in [1.29, 1.82) is 0 Å². The predicted molar refractivity (Wildman–Crippen MR) is 285 cm³/mol. The van der Waals surface area contributed by atoms with Crippen LogP contribution in [0.5, 0.6) is 0 Å². The normalized spacial score (nSPS) is 22.9. The number of amides is 5. The summed E-state index contributed by atoms with van der Waals surface area (Å²) in [4.78, 5) is 81.3. The Bertz CT molecular complexity index is 2770. The molecule has 0 spiro atoms. The van der Waals surface area contributed by atoms with Gasteiger partial charge in [-0.1, -0.05) is 25.2 Å². The Hall–Kier alpha value is -6.43. The van der Waals surface area contributed by atoms with Crippen molar-refractivity contribution in [2.45, 2.75) is 120 Å². The van der Waals surface area contributed by atoms with Crippen molar-refractivity contribution in [1.82, 2.24) is 30.4 Å². The third kappa shape index (κ3) is 12.2. The molecule has 5 heterocycles. The van der Waals surface area contributed by atoms with E-state index in [-0.39, 0.29) is 29.4 Å². The van der Waals surface area contributed by atoms with Gasteiger partial charge >= 0.3 is 12.2 Å². The van der Waals surface area contributed by atoms with Gasteiger partial charge in [-0.2, -0.15) is 0 Å². The molecule has 4 N–H and O–H groups in total. The predicted octanol–water partition coefficient (Wildman–Crippen LogP) is 7.58. The average Bonchev–Trinajstić information content (AvgIpc) is 4.28. The largest absolute Gasteiger partial charge is 0.453 e. The molecule has 0 radical (unpaired) electrons. The highest BCUT2D eigenvalue weighted by atomic mass is 28.3. The van der Waals surface area contributed by atoms with E-state index in [0.717, 1.165) is 17.7 Å². The number of aromatic nitrogens is 2. The molecule has 9 atom stereocenters. The number of benzene rings is 3. The first kappa shape index (κ1) is 56.8. The number of aromatic amines is 1. The Balaban J connectivity index is 1.10. The zero-order valence-electron chi connectivity index (χ0n) is 45.3. The van der Waals surface area contributed by atoms with E-state index >= 15 is 13.2 Å². The van der Waals surface area contributed by atoms with E-state index in [1.807, 2.05) is 17.0 Å². The molecule has 19 nitrogen and oxygen atoms in total. The molecule has 5 amide bonds. The van der Waals surface area contributed by atoms with Crippen molar-refractivity contribution < 1.29 is 60.8 Å². The van der Waals surface area contributed by atoms with E-state index in [0.29, 0.717) is 80.9 Å². The van der Waals surface area contributed by atoms with Gasteiger partial charge in [0.1, 0.15) is 35.5 Å². The molecule has 418 valence electrons. The summed E-state index contributed by atoms with van der Waals surface area (Å²) in [6, 6.07) is 9.68. The quantitative estimate of drug-likeness (QED) is 0.0753. The molecule has 4 aliphatic rings. The first-order chi connectivity index (χ1) is 36.8. The number of likely N-dealkylation sites (tertiary alicyclic amines) is 2. The number of hydrogen-bond acceptors (Lipinski definition) is 13. The minimum Gasteiger partial charge on any atom is -0.453 e. The monoisotopic (exact) mass is 1090 g/mol. The van der Waals surface area contributed by atoms with Crippen LogP contribution in [0.4, 0.5) is 39.8 Å². The number of hydrogen-bond donors (Lipinski definition) is 4. The zero-order valence-corrected chi connectivity index (χ0v) is 46.3. The number of nitrogens with zero attached hydrogens (tertiary/aromatic N) is 5. The van der Waals surface area contributed by atoms with Crippen molar-refractivity contribution in [3.05, 3.63) is 82.9 Å². The summed E-state index contributed by atoms with van der Waals surface area (Å²) in [6.07, 6.45) is -0.800. The summed E-state index contributed by atoms with van der Waals surface area (Å²) in [5, 5.41) is 8.06. The standard InChI is InChI=1S/C54H72F3N9O10Si/c1-30(73-4)46(61-53(70)75-6)51(68)64-18-10-11-44(64)50(67)58-34-14-12-33(13-15-34)42-16-17-43(66(42)35-24-38(56)48(39(57)25-35)63-19-21-77(8,9)22-20-63)36-26-40-41(27-37(36)55)60-49(59-40)45-23-32(29-72-3)28-65(45)52(69)47(31(2)74-5)62-54(71)76-7/h12-15,24-27,30-32,42-47H,10-11,16-23,28-29H2,1-9H3,(H,58,67)(H,59,60)(H,61,70)(H,62,71)/t30-,31-,32+,42-,43-,44+,45+,46+,47+/m1/s1. The number of anilines is 3. The number of H-pyrrole nitrogens is 1. The number of methoxy groups -OCH3 is 5. The van der Waals surface area contributed by atoms with Crippen molar-refractivity contribution in [3.8, 4) is 0 Å². The van der Waals surface area contributed by atoms with Crippen molar-refractivity contribution >= 4 is 66.1 Å². The van der Waals surface area contributed by atoms with Crippen LogP contribution in [0.2, 0.25) is 25.2 Å². The summed E-state index contributed by atoms with van der Waals surface area (Å²) in [5.74, 6) is -3.04. The molecular weight excluding hydrogens is 1020 g/mol. The molecule has 4 aromatic rings. The minimum atomic E-state index is -1.47. The minimum absolute atomic E-state index is 0.0783. The molecule has 4 saturated heterocycles. The molecule has 0 saturated carbocycles. The van der Waals surface area contributed by atoms with Crippen LogP contribution >= 0.6 is 0 Å². The fourth-order valence-corrected chi connectivity index (χ4v) is 13.5. The highest BCUT2D eigenvalue weighted by Crippen LogP contribution is 2.49. The van der Waals surface area contributed by atoms with Crippen LogP contribution < -0.4 is 25.8 Å². The van der Waals surface area contributed by atoms with Gasteiger partial charge in [-0.3, -0.25) is 14.4 Å². The molecule has 8 rings (SSSR count). The fraction of sp³-hybridized carbons (Fsp3) is 0.556. The van der Waals surface area contributed by atoms with E-state index in [1.165, 1.54) is 51.5 Å². The number of nitrogens with one attached hydrogen (secondary N) is 4. The van der Waals surface area contributed by atoms with Gasteiger partial charge in [0, 0.05) is 76.4 Å². The summed E-state index contributed by atoms with van der Waals surface area (Å²) in [6.45, 7) is 9.88. The van der Waals surface area contributed by atoms with Gasteiger partial charge in [-0.15, -0.1) is 0 Å². The van der Waals surface area contributed by atoms with Crippen LogP contribution in [-0.4, -0.2) is 156 Å². The van der Waals surface area contributed by atoms with Gasteiger partial charge in [0.05, 0.1) is 70.3 Å². The molecule has 4 aliphatic heterocycles. The van der Waals surface area contributed by atoms with Gasteiger partial charge in [0.25, 0.3) is 0 Å². The third-order valence-corrected chi connectivity index (χ3v) is 19.2. The maximum atomic E-state index is 16.9. The van der Waals surface area contributed by atoms with Crippen molar-refractivity contribution in [3.63, 3.8) is 0 Å². The molecule has 0 bridgehead atoms. The number of alkyl carbamates (subject to hydrolysis) is 2. The SMILES string of the molecule is COC[C@H]1C[C@@H](c2nc3cc(F)c([C@H]4CC[C@H](c5ccc(NC(=O)[C@@H]6CCCN6C(=O)[C@@H](NC(=O)OC)[C@@H](C)OC)cc5)N4c4cc(F)c(N5CC[Si](C)(C)CC5)c(F)c4)cc3[nH]2)N(C(=O)[C@@H](NC(=O)OC)[C@@H](C)OC)C1. The first-order valence-electron chi connectivity index (χ1n) is 26.3. The summed E-state index contributed by atoms with van der Waals surface area (Å²) in [5.41, 5.74) is 2.37. The van der Waals surface area contributed by atoms with Crippen molar-refractivity contribution in [2.75, 3.05) is 83.5 Å². The van der Waals surface area contributed by atoms with Crippen LogP contribution in [0.25, 0.3) is 11.0 Å². The first-order valence-corrected chi connectivity index (χ1v) is 29.7. The van der Waals surface area contributed by atoms with Crippen LogP contribution in [0.15, 0.2) is 48.5 Å². The van der Waals surface area contributed by atoms with E-state index < -0.39 is 104 Å². The number of carbonyl (C=O) groups excluding carboxylic acids is 5. The zero-order chi connectivity index (χ0) is 55.5. The lowest BCUT2D eigenvalue weighted by Crippen LogP contribution is -2.56. The molecule has 3 aromatic carbocycles. The van der Waals surface area contributed by atoms with Gasteiger partial charge < -0.3 is 64.2 Å². The lowest BCUT2D eigenvalue weighted by molar-refractivity contribution is -0.141. The summed E-state index contributed by atoms with van der Waals surface area (Å²) >= 11 is 0. The number of carbonyl (C=O) groups is 5. The average molecular weight is 1090 g/mol. The number of rotatable bonds is 17. The van der Waals surface area contributed by atoms with Gasteiger partial charge in [0.2, 0.25) is 17.7 Å². The number of fused-ring (bicyclic) bond motifs is 1. The van der Waals surface area contributed by atoms with E-state index in [2.05, 4.69) is 34.0 Å². The highest BCUT2D eigenvalue weighted by Gasteiger charge is 2.44. The Morgan fingerprint density at radius 3 is 1.94 bits per heavy atom. The second kappa shape index (κ2) is 24.1. The molecule has 4 fully saturated rings. The Morgan fingerprint density at radius 1 is 0.753 bits per heavy atom. The van der Waals surface area contributed by atoms with Gasteiger partial charge in [0.15, 0.2) is 11.6 Å². The second-order valence-electron chi connectivity index (χ2n) is 21.4. The van der Waals surface area contributed by atoms with E-state index in [9.17, 15) is 24.0 Å². The van der Waals surface area contributed by atoms with Crippen LogP contribution in [0.1, 0.15) is 81.0 Å². The third-order valence-electron chi connectivity index (χ3n) is 16.0. The van der Waals surface area contributed by atoms with Crippen LogP contribution in [-0.2, 0) is 38.1 Å². The topological polar surface area (TPSA) is 209 Å². The van der Waals surface area contributed by atoms with Crippen molar-refractivity contribution in [2.24, 2.45) is 5.92 Å². The van der Waals surface area contributed by atoms with Crippen LogP contribution in [0.3, 0.4) is 0 Å². The maximum Gasteiger partial charge on any atom is 0.407 e.